The van der Waals surface area contributed by atoms with Gasteiger partial charge in [0.2, 0.25) is 5.91 Å². The van der Waals surface area contributed by atoms with E-state index in [0.29, 0.717) is 39.0 Å². The maximum atomic E-state index is 14.5. The third kappa shape index (κ3) is 14.0. The molecule has 0 aromatic carbocycles. The third-order valence-corrected chi connectivity index (χ3v) is 13.7. The molecule has 0 aliphatic carbocycles. The molecule has 0 bridgehead atoms. The molecule has 3 aliphatic rings. The van der Waals surface area contributed by atoms with Crippen LogP contribution < -0.4 is 5.32 Å². The zero-order chi connectivity index (χ0) is 47.1. The molecule has 5 N–H and O–H groups in total. The van der Waals surface area contributed by atoms with E-state index in [4.69, 9.17) is 33.2 Å². The van der Waals surface area contributed by atoms with Gasteiger partial charge < -0.3 is 68.7 Å². The van der Waals surface area contributed by atoms with Gasteiger partial charge in [-0.15, -0.1) is 0 Å². The fourth-order valence-corrected chi connectivity index (χ4v) is 9.87. The van der Waals surface area contributed by atoms with Crippen LogP contribution in [0.15, 0.2) is 0 Å². The number of rotatable bonds is 14. The van der Waals surface area contributed by atoms with Crippen molar-refractivity contribution in [2.75, 3.05) is 47.9 Å². The van der Waals surface area contributed by atoms with E-state index in [9.17, 15) is 30.0 Å². The lowest BCUT2D eigenvalue weighted by atomic mass is 9.77. The molecule has 62 heavy (non-hydrogen) atoms. The van der Waals surface area contributed by atoms with Gasteiger partial charge in [-0.3, -0.25) is 9.59 Å². The summed E-state index contributed by atoms with van der Waals surface area (Å²) in [5.74, 6) is -2.35. The van der Waals surface area contributed by atoms with Crippen LogP contribution in [0.5, 0.6) is 0 Å². The van der Waals surface area contributed by atoms with Crippen molar-refractivity contribution in [3.05, 3.63) is 0 Å². The maximum Gasteiger partial charge on any atom is 0.311 e. The van der Waals surface area contributed by atoms with Gasteiger partial charge in [-0.1, -0.05) is 34.6 Å². The number of hydrogen-bond acceptors (Lipinski definition) is 15. The van der Waals surface area contributed by atoms with E-state index in [1.54, 1.807) is 34.6 Å². The van der Waals surface area contributed by atoms with Crippen LogP contribution in [0.3, 0.4) is 0 Å². The highest BCUT2D eigenvalue weighted by Crippen LogP contribution is 2.40. The van der Waals surface area contributed by atoms with E-state index < -0.39 is 96.0 Å². The summed E-state index contributed by atoms with van der Waals surface area (Å²) in [6.45, 7) is 23.1. The number of carbonyl (C=O) groups excluding carboxylic acids is 2. The van der Waals surface area contributed by atoms with Gasteiger partial charge in [-0.05, 0) is 107 Å². The second kappa shape index (κ2) is 23.3. The predicted octanol–water partition coefficient (Wildman–Crippen LogP) is 3.48. The number of cyclic esters (lactones) is 1. The van der Waals surface area contributed by atoms with Crippen molar-refractivity contribution in [1.82, 2.24) is 15.1 Å². The summed E-state index contributed by atoms with van der Waals surface area (Å²) in [4.78, 5) is 30.8. The molecule has 3 fully saturated rings. The van der Waals surface area contributed by atoms with Gasteiger partial charge in [0.1, 0.15) is 30.0 Å². The minimum atomic E-state index is -1.81. The third-order valence-electron chi connectivity index (χ3n) is 13.7. The Morgan fingerprint density at radius 2 is 1.63 bits per heavy atom. The first kappa shape index (κ1) is 54.8. The average molecular weight is 890 g/mol. The molecule has 16 heteroatoms. The standard InChI is InChI=1S/C46H87N3O13/c1-17-34-46(12,55)39(51)31(8)49(15)25-27(4)23-44(10,54)41(29(6)37(30(7)42(53)60-34)61-36-24-45(11,56-16)40(52)32(9)59-36)62-43-38(33(48(13)14)22-28(5)58-43)57-20-18-19-47-35(50)21-26(2)3/h26-34,36-41,43,51-52,54-55H,17-25H2,1-16H3,(H,47,50)/t27-,28-,29+,30-,31-,32+,33+,34-,36+,37+,38-,39-,40+,41-,43+,44-,45-,46-/m1/s1. The number of hydrogen-bond donors (Lipinski definition) is 5. The van der Waals surface area contributed by atoms with Crippen molar-refractivity contribution >= 4 is 11.9 Å². The van der Waals surface area contributed by atoms with Crippen LogP contribution in [-0.2, 0) is 42.7 Å². The number of aliphatic hydroxyl groups is 4. The molecule has 0 aromatic rings. The summed E-state index contributed by atoms with van der Waals surface area (Å²) < 4.78 is 45.3. The summed E-state index contributed by atoms with van der Waals surface area (Å²) in [6.07, 6.45) is -6.55. The second-order valence-corrected chi connectivity index (χ2v) is 20.3. The SMILES string of the molecule is CC[C@H]1OC(=O)[C@H](C)[C@@H](O[C@H]2C[C@@](C)(OC)[C@@H](O)[C@H](C)O2)[C@H](C)[C@@H](O[C@@H]2O[C@H](C)C[C@H](N(C)C)[C@H]2OCCCNC(=O)CC(C)C)[C@](C)(O)C[C@@H](C)CN(C)[C@H](C)[C@@H](O)[C@]1(C)O. The number of nitrogens with zero attached hydrogens (tertiary/aromatic N) is 2. The van der Waals surface area contributed by atoms with E-state index in [1.165, 1.54) is 14.0 Å². The van der Waals surface area contributed by atoms with Gasteiger partial charge in [0.25, 0.3) is 0 Å². The summed E-state index contributed by atoms with van der Waals surface area (Å²) in [5.41, 5.74) is -4.41. The van der Waals surface area contributed by atoms with Crippen LogP contribution in [0.25, 0.3) is 0 Å². The molecule has 0 aromatic heterocycles. The van der Waals surface area contributed by atoms with E-state index in [1.807, 2.05) is 67.6 Å². The monoisotopic (exact) mass is 890 g/mol. The summed E-state index contributed by atoms with van der Waals surface area (Å²) in [6, 6.07) is -0.676. The Hall–Kier alpha value is -1.54. The van der Waals surface area contributed by atoms with Crippen LogP contribution in [0.2, 0.25) is 0 Å². The second-order valence-electron chi connectivity index (χ2n) is 20.3. The molecule has 0 radical (unpaired) electrons. The van der Waals surface area contributed by atoms with Crippen molar-refractivity contribution in [3.63, 3.8) is 0 Å². The number of esters is 1. The fraction of sp³-hybridized carbons (Fsp3) is 0.957. The zero-order valence-electron chi connectivity index (χ0n) is 41.0. The van der Waals surface area contributed by atoms with Crippen LogP contribution >= 0.6 is 0 Å². The molecular weight excluding hydrogens is 803 g/mol. The average Bonchev–Trinajstić information content (AvgIpc) is 3.17. The zero-order valence-corrected chi connectivity index (χ0v) is 41.0. The number of carbonyl (C=O) groups is 2. The molecule has 3 saturated heterocycles. The van der Waals surface area contributed by atoms with Gasteiger partial charge in [-0.25, -0.2) is 0 Å². The van der Waals surface area contributed by atoms with Crippen LogP contribution in [-0.4, -0.2) is 180 Å². The van der Waals surface area contributed by atoms with E-state index >= 15 is 0 Å². The largest absolute Gasteiger partial charge is 0.459 e. The Morgan fingerprint density at radius 3 is 2.21 bits per heavy atom. The first-order chi connectivity index (χ1) is 28.7. The number of aliphatic hydroxyl groups excluding tert-OH is 2. The van der Waals surface area contributed by atoms with E-state index in [-0.39, 0.29) is 49.2 Å². The fourth-order valence-electron chi connectivity index (χ4n) is 9.87. The molecule has 0 unspecified atom stereocenters. The molecular formula is C46H87N3O13. The summed E-state index contributed by atoms with van der Waals surface area (Å²) in [7, 11) is 7.34. The maximum absolute atomic E-state index is 14.5. The lowest BCUT2D eigenvalue weighted by molar-refractivity contribution is -0.321. The quantitative estimate of drug-likeness (QED) is 0.126. The Morgan fingerprint density at radius 1 is 0.984 bits per heavy atom. The Bertz CT molecular complexity index is 1390. The number of ether oxygens (including phenoxy) is 7. The van der Waals surface area contributed by atoms with E-state index in [2.05, 4.69) is 10.2 Å². The smallest absolute Gasteiger partial charge is 0.311 e. The van der Waals surface area contributed by atoms with Crippen molar-refractivity contribution in [1.29, 1.82) is 0 Å². The number of methoxy groups -OCH3 is 1. The van der Waals surface area contributed by atoms with Gasteiger partial charge in [-0.2, -0.15) is 0 Å². The highest BCUT2D eigenvalue weighted by molar-refractivity contribution is 5.76. The minimum Gasteiger partial charge on any atom is -0.459 e. The lowest BCUT2D eigenvalue weighted by Gasteiger charge is -2.49. The van der Waals surface area contributed by atoms with Crippen molar-refractivity contribution in [2.24, 2.45) is 23.7 Å². The van der Waals surface area contributed by atoms with E-state index in [0.717, 1.165) is 0 Å². The Kier molecular flexibility index (Phi) is 20.6. The van der Waals surface area contributed by atoms with Crippen LogP contribution in [0.1, 0.15) is 122 Å². The van der Waals surface area contributed by atoms with Crippen molar-refractivity contribution < 1.29 is 63.2 Å². The molecule has 0 saturated carbocycles. The van der Waals surface area contributed by atoms with Crippen LogP contribution in [0.4, 0.5) is 0 Å². The lowest BCUT2D eigenvalue weighted by Crippen LogP contribution is -2.61. The summed E-state index contributed by atoms with van der Waals surface area (Å²) >= 11 is 0. The molecule has 364 valence electrons. The molecule has 18 atom stereocenters. The molecule has 0 spiro atoms. The first-order valence-electron chi connectivity index (χ1n) is 23.1. The van der Waals surface area contributed by atoms with Crippen molar-refractivity contribution in [3.8, 4) is 0 Å². The first-order valence-corrected chi connectivity index (χ1v) is 23.1. The van der Waals surface area contributed by atoms with Gasteiger partial charge >= 0.3 is 5.97 Å². The predicted molar refractivity (Wildman–Crippen MR) is 235 cm³/mol. The van der Waals surface area contributed by atoms with Gasteiger partial charge in [0.15, 0.2) is 12.6 Å². The highest BCUT2D eigenvalue weighted by Gasteiger charge is 2.53. The van der Waals surface area contributed by atoms with Crippen molar-refractivity contribution in [2.45, 2.75) is 212 Å². The Balaban J connectivity index is 2.15. The number of likely N-dealkylation sites (N-methyl/N-ethyl adjacent to an activating group) is 2. The molecule has 3 rings (SSSR count). The normalized spacial score (nSPS) is 43.5. The molecule has 3 heterocycles. The highest BCUT2D eigenvalue weighted by atomic mass is 16.7. The minimum absolute atomic E-state index is 0.00415. The summed E-state index contributed by atoms with van der Waals surface area (Å²) in [5, 5.41) is 50.4. The molecule has 1 amide bonds. The van der Waals surface area contributed by atoms with Gasteiger partial charge in [0, 0.05) is 57.6 Å². The Labute approximate surface area is 373 Å². The number of amides is 1. The number of nitrogens with one attached hydrogen (secondary N) is 1. The van der Waals surface area contributed by atoms with Gasteiger partial charge in [0.05, 0.1) is 41.5 Å². The molecule has 3 aliphatic heterocycles. The van der Waals surface area contributed by atoms with Crippen LogP contribution in [0, 0.1) is 23.7 Å². The topological polar surface area (TPSA) is 198 Å². The molecule has 16 nitrogen and oxygen atoms in total.